The first kappa shape index (κ1) is 12.1. The molecular weight excluding hydrogens is 193 g/mol. The Morgan fingerprint density at radius 1 is 1.47 bits per heavy atom. The van der Waals surface area contributed by atoms with Gasteiger partial charge in [0.25, 0.3) is 0 Å². The van der Waals surface area contributed by atoms with Gasteiger partial charge in [0.15, 0.2) is 0 Å². The summed E-state index contributed by atoms with van der Waals surface area (Å²) in [5.74, 6) is -0.259. The van der Waals surface area contributed by atoms with Crippen LogP contribution in [0.25, 0.3) is 0 Å². The molecule has 0 heterocycles. The summed E-state index contributed by atoms with van der Waals surface area (Å²) in [5.41, 5.74) is 1.58. The molecule has 84 valence electrons. The average molecular weight is 211 g/mol. The number of rotatable bonds is 5. The van der Waals surface area contributed by atoms with Gasteiger partial charge in [0.1, 0.15) is 5.82 Å². The lowest BCUT2D eigenvalue weighted by atomic mass is 10.0. The van der Waals surface area contributed by atoms with E-state index >= 15 is 0 Å². The monoisotopic (exact) mass is 211 g/mol. The number of aryl methyl sites for hydroxylation is 1. The van der Waals surface area contributed by atoms with E-state index in [1.807, 2.05) is 0 Å². The summed E-state index contributed by atoms with van der Waals surface area (Å²) in [7, 11) is 0. The smallest absolute Gasteiger partial charge is 0.123 e. The number of aliphatic hydroxyl groups is 1. The Hall–Kier alpha value is -0.930. The van der Waals surface area contributed by atoms with Gasteiger partial charge in [0.05, 0.1) is 6.10 Å². The van der Waals surface area contributed by atoms with Crippen LogP contribution in [0, 0.1) is 12.7 Å². The molecule has 0 aliphatic carbocycles. The maximum atomic E-state index is 12.8. The van der Waals surface area contributed by atoms with Gasteiger partial charge in [-0.15, -0.1) is 0 Å². The molecule has 0 bridgehead atoms. The van der Waals surface area contributed by atoms with Crippen molar-refractivity contribution in [1.82, 2.24) is 5.32 Å². The third-order valence-electron chi connectivity index (χ3n) is 2.36. The highest BCUT2D eigenvalue weighted by Crippen LogP contribution is 2.17. The molecule has 0 aliphatic heterocycles. The number of benzene rings is 1. The lowest BCUT2D eigenvalue weighted by Crippen LogP contribution is -2.22. The summed E-state index contributed by atoms with van der Waals surface area (Å²) in [6.07, 6.45) is 0.479. The van der Waals surface area contributed by atoms with E-state index in [2.05, 4.69) is 12.2 Å². The molecule has 0 aromatic heterocycles. The van der Waals surface area contributed by atoms with Crippen LogP contribution >= 0.6 is 0 Å². The second-order valence-electron chi connectivity index (χ2n) is 3.72. The van der Waals surface area contributed by atoms with Crippen molar-refractivity contribution in [3.05, 3.63) is 35.1 Å². The van der Waals surface area contributed by atoms with Crippen molar-refractivity contribution in [2.45, 2.75) is 26.4 Å². The Balaban J connectivity index is 2.61. The van der Waals surface area contributed by atoms with E-state index in [9.17, 15) is 9.50 Å². The third kappa shape index (κ3) is 3.61. The zero-order valence-corrected chi connectivity index (χ0v) is 9.26. The quantitative estimate of drug-likeness (QED) is 0.731. The van der Waals surface area contributed by atoms with Crippen LogP contribution < -0.4 is 5.32 Å². The highest BCUT2D eigenvalue weighted by molar-refractivity contribution is 5.28. The second kappa shape index (κ2) is 5.83. The van der Waals surface area contributed by atoms with Crippen molar-refractivity contribution in [2.24, 2.45) is 0 Å². The van der Waals surface area contributed by atoms with Crippen LogP contribution in [0.2, 0.25) is 0 Å². The molecule has 1 aromatic rings. The van der Waals surface area contributed by atoms with E-state index in [-0.39, 0.29) is 5.82 Å². The maximum absolute atomic E-state index is 12.8. The number of hydrogen-bond donors (Lipinski definition) is 2. The highest BCUT2D eigenvalue weighted by atomic mass is 19.1. The first-order valence-electron chi connectivity index (χ1n) is 5.30. The summed E-state index contributed by atoms with van der Waals surface area (Å²) in [4.78, 5) is 0. The van der Waals surface area contributed by atoms with Crippen LogP contribution in [0.4, 0.5) is 4.39 Å². The van der Waals surface area contributed by atoms with Crippen molar-refractivity contribution >= 4 is 0 Å². The Morgan fingerprint density at radius 2 is 2.20 bits per heavy atom. The molecule has 0 spiro atoms. The van der Waals surface area contributed by atoms with Gasteiger partial charge in [-0.1, -0.05) is 13.0 Å². The van der Waals surface area contributed by atoms with Crippen molar-refractivity contribution in [3.63, 3.8) is 0 Å². The lowest BCUT2D eigenvalue weighted by molar-refractivity contribution is 0.174. The minimum atomic E-state index is -0.558. The molecule has 2 N–H and O–H groups in total. The molecule has 1 atom stereocenters. The summed E-state index contributed by atoms with van der Waals surface area (Å²) in [6.45, 7) is 5.28. The van der Waals surface area contributed by atoms with E-state index in [0.29, 0.717) is 6.54 Å². The topological polar surface area (TPSA) is 32.3 Å². The zero-order valence-electron chi connectivity index (χ0n) is 9.26. The van der Waals surface area contributed by atoms with Crippen LogP contribution in [0.1, 0.15) is 30.6 Å². The van der Waals surface area contributed by atoms with Crippen LogP contribution in [0.3, 0.4) is 0 Å². The minimum Gasteiger partial charge on any atom is -0.387 e. The first-order chi connectivity index (χ1) is 7.15. The predicted octanol–water partition coefficient (Wildman–Crippen LogP) is 2.17. The third-order valence-corrected chi connectivity index (χ3v) is 2.36. The van der Waals surface area contributed by atoms with Crippen molar-refractivity contribution in [2.75, 3.05) is 13.1 Å². The molecule has 15 heavy (non-hydrogen) atoms. The molecular formula is C12H18FNO. The fourth-order valence-electron chi connectivity index (χ4n) is 1.54. The molecule has 0 saturated heterocycles. The van der Waals surface area contributed by atoms with Crippen LogP contribution in [0.5, 0.6) is 0 Å². The van der Waals surface area contributed by atoms with Gasteiger partial charge in [-0.2, -0.15) is 0 Å². The summed E-state index contributed by atoms with van der Waals surface area (Å²) in [6, 6.07) is 4.46. The molecule has 1 unspecified atom stereocenters. The Bertz CT molecular complexity index is 314. The van der Waals surface area contributed by atoms with Crippen LogP contribution in [0.15, 0.2) is 18.2 Å². The molecule has 2 nitrogen and oxygen atoms in total. The van der Waals surface area contributed by atoms with E-state index in [0.717, 1.165) is 24.1 Å². The molecule has 0 radical (unpaired) electrons. The van der Waals surface area contributed by atoms with E-state index in [4.69, 9.17) is 0 Å². The fourth-order valence-corrected chi connectivity index (χ4v) is 1.54. The van der Waals surface area contributed by atoms with E-state index < -0.39 is 6.10 Å². The SMILES string of the molecule is CCCNCC(O)c1ccc(F)cc1C. The van der Waals surface area contributed by atoms with Gasteiger partial charge in [0, 0.05) is 6.54 Å². The fraction of sp³-hybridized carbons (Fsp3) is 0.500. The largest absolute Gasteiger partial charge is 0.387 e. The zero-order chi connectivity index (χ0) is 11.3. The second-order valence-corrected chi connectivity index (χ2v) is 3.72. The first-order valence-corrected chi connectivity index (χ1v) is 5.30. The van der Waals surface area contributed by atoms with Gasteiger partial charge < -0.3 is 10.4 Å². The van der Waals surface area contributed by atoms with Gasteiger partial charge in [-0.3, -0.25) is 0 Å². The van der Waals surface area contributed by atoms with Gasteiger partial charge in [-0.05, 0) is 43.1 Å². The van der Waals surface area contributed by atoms with Crippen LogP contribution in [-0.4, -0.2) is 18.2 Å². The Morgan fingerprint density at radius 3 is 2.80 bits per heavy atom. The summed E-state index contributed by atoms with van der Waals surface area (Å²) in [5, 5.41) is 13.0. The molecule has 1 aromatic carbocycles. The van der Waals surface area contributed by atoms with E-state index in [1.165, 1.54) is 12.1 Å². The van der Waals surface area contributed by atoms with E-state index in [1.54, 1.807) is 13.0 Å². The number of nitrogens with one attached hydrogen (secondary N) is 1. The molecule has 0 saturated carbocycles. The number of aliphatic hydroxyl groups excluding tert-OH is 1. The maximum Gasteiger partial charge on any atom is 0.123 e. The lowest BCUT2D eigenvalue weighted by Gasteiger charge is -2.14. The van der Waals surface area contributed by atoms with Crippen molar-refractivity contribution in [1.29, 1.82) is 0 Å². The van der Waals surface area contributed by atoms with Gasteiger partial charge in [0.2, 0.25) is 0 Å². The highest BCUT2D eigenvalue weighted by Gasteiger charge is 2.09. The molecule has 0 fully saturated rings. The Kier molecular flexibility index (Phi) is 4.72. The standard InChI is InChI=1S/C12H18FNO/c1-3-6-14-8-12(15)11-5-4-10(13)7-9(11)2/h4-5,7,12,14-15H,3,6,8H2,1-2H3. The Labute approximate surface area is 90.1 Å². The van der Waals surface area contributed by atoms with Crippen LogP contribution in [-0.2, 0) is 0 Å². The van der Waals surface area contributed by atoms with Gasteiger partial charge in [-0.25, -0.2) is 4.39 Å². The van der Waals surface area contributed by atoms with Gasteiger partial charge >= 0.3 is 0 Å². The summed E-state index contributed by atoms with van der Waals surface area (Å²) < 4.78 is 12.8. The predicted molar refractivity (Wildman–Crippen MR) is 59.3 cm³/mol. The number of halogens is 1. The molecule has 0 aliphatic rings. The molecule has 1 rings (SSSR count). The molecule has 0 amide bonds. The normalized spacial score (nSPS) is 12.8. The number of hydrogen-bond acceptors (Lipinski definition) is 2. The summed E-state index contributed by atoms with van der Waals surface area (Å²) >= 11 is 0. The average Bonchev–Trinajstić information content (AvgIpc) is 2.17. The van der Waals surface area contributed by atoms with Crippen molar-refractivity contribution < 1.29 is 9.50 Å². The van der Waals surface area contributed by atoms with Crippen molar-refractivity contribution in [3.8, 4) is 0 Å². The minimum absolute atomic E-state index is 0.259. The molecule has 3 heteroatoms.